The van der Waals surface area contributed by atoms with E-state index >= 15 is 0 Å². The second-order valence-corrected chi connectivity index (χ2v) is 8.50. The molecule has 3 atom stereocenters. The number of amides is 1. The Bertz CT molecular complexity index is 701. The van der Waals surface area contributed by atoms with Gasteiger partial charge in [-0.1, -0.05) is 17.7 Å². The number of carbonyl (C=O) groups excluding carboxylic acids is 1. The van der Waals surface area contributed by atoms with Crippen LogP contribution in [0.4, 0.5) is 4.79 Å². The van der Waals surface area contributed by atoms with Gasteiger partial charge < -0.3 is 9.64 Å². The molecule has 0 radical (unpaired) electrons. The summed E-state index contributed by atoms with van der Waals surface area (Å²) in [5.41, 5.74) is 1.00. The number of nitrogens with zero attached hydrogens (tertiary/aromatic N) is 1. The number of hydrogen-bond acceptors (Lipinski definition) is 5. The van der Waals surface area contributed by atoms with Crippen molar-refractivity contribution < 1.29 is 22.1 Å². The number of piperidine rings is 1. The molecule has 2 saturated heterocycles. The molecule has 7 heteroatoms. The van der Waals surface area contributed by atoms with Crippen LogP contribution >= 0.6 is 0 Å². The second-order valence-electron chi connectivity index (χ2n) is 6.88. The van der Waals surface area contributed by atoms with Crippen LogP contribution in [0.2, 0.25) is 0 Å². The van der Waals surface area contributed by atoms with Crippen LogP contribution in [0.5, 0.6) is 0 Å². The number of fused-ring (bicyclic) bond motifs is 2. The molecule has 2 aliphatic heterocycles. The summed E-state index contributed by atoms with van der Waals surface area (Å²) in [6.07, 6.45) is 3.17. The number of aryl methyl sites for hydroxylation is 1. The van der Waals surface area contributed by atoms with Gasteiger partial charge in [0, 0.05) is 12.1 Å². The molecule has 0 aliphatic carbocycles. The highest BCUT2D eigenvalue weighted by Gasteiger charge is 2.44. The van der Waals surface area contributed by atoms with Gasteiger partial charge >= 0.3 is 6.09 Å². The van der Waals surface area contributed by atoms with Crippen LogP contribution in [0.3, 0.4) is 0 Å². The summed E-state index contributed by atoms with van der Waals surface area (Å²) in [5, 5.41) is 0. The van der Waals surface area contributed by atoms with E-state index in [1.54, 1.807) is 31.2 Å². The second kappa shape index (κ2) is 7.33. The lowest BCUT2D eigenvalue weighted by Gasteiger charge is -2.37. The van der Waals surface area contributed by atoms with Crippen molar-refractivity contribution in [2.24, 2.45) is 5.92 Å². The molecule has 138 valence electrons. The van der Waals surface area contributed by atoms with Crippen molar-refractivity contribution in [2.75, 3.05) is 13.2 Å². The fourth-order valence-electron chi connectivity index (χ4n) is 3.88. The molecular weight excluding hydrogens is 342 g/mol. The molecular formula is C18H25NO5S. The number of carbonyl (C=O) groups is 1. The molecule has 1 amide bonds. The first-order valence-corrected chi connectivity index (χ1v) is 10.2. The fourth-order valence-corrected chi connectivity index (χ4v) is 4.86. The lowest BCUT2D eigenvalue weighted by molar-refractivity contribution is 0.0519. The van der Waals surface area contributed by atoms with Crippen molar-refractivity contribution in [3.8, 4) is 0 Å². The van der Waals surface area contributed by atoms with Gasteiger partial charge in [-0.05, 0) is 57.6 Å². The van der Waals surface area contributed by atoms with Crippen LogP contribution in [0.1, 0.15) is 38.2 Å². The lowest BCUT2D eigenvalue weighted by Crippen LogP contribution is -2.47. The molecule has 1 aromatic carbocycles. The van der Waals surface area contributed by atoms with E-state index in [1.165, 1.54) is 0 Å². The normalized spacial score (nSPS) is 25.8. The minimum Gasteiger partial charge on any atom is -0.450 e. The van der Waals surface area contributed by atoms with Crippen LogP contribution in [0.15, 0.2) is 29.2 Å². The molecule has 0 aromatic heterocycles. The van der Waals surface area contributed by atoms with E-state index in [0.717, 1.165) is 31.2 Å². The zero-order valence-electron chi connectivity index (χ0n) is 14.7. The van der Waals surface area contributed by atoms with Gasteiger partial charge in [-0.15, -0.1) is 0 Å². The average Bonchev–Trinajstić information content (AvgIpc) is 2.84. The summed E-state index contributed by atoms with van der Waals surface area (Å²) in [6.45, 7) is 4.25. The summed E-state index contributed by atoms with van der Waals surface area (Å²) in [4.78, 5) is 14.1. The molecule has 1 unspecified atom stereocenters. The molecule has 25 heavy (non-hydrogen) atoms. The van der Waals surface area contributed by atoms with Crippen molar-refractivity contribution in [1.29, 1.82) is 0 Å². The highest BCUT2D eigenvalue weighted by molar-refractivity contribution is 7.86. The van der Waals surface area contributed by atoms with Gasteiger partial charge in [-0.2, -0.15) is 8.42 Å². The van der Waals surface area contributed by atoms with Gasteiger partial charge in [0.05, 0.1) is 18.1 Å². The van der Waals surface area contributed by atoms with E-state index in [1.807, 2.05) is 11.8 Å². The predicted molar refractivity (Wildman–Crippen MR) is 92.7 cm³/mol. The Morgan fingerprint density at radius 3 is 2.32 bits per heavy atom. The Hall–Kier alpha value is -1.60. The minimum atomic E-state index is -3.73. The van der Waals surface area contributed by atoms with E-state index in [-0.39, 0.29) is 35.6 Å². The van der Waals surface area contributed by atoms with Crippen molar-refractivity contribution in [1.82, 2.24) is 4.90 Å². The van der Waals surface area contributed by atoms with Crippen molar-refractivity contribution in [2.45, 2.75) is 56.5 Å². The van der Waals surface area contributed by atoms with E-state index in [0.29, 0.717) is 6.61 Å². The number of benzene rings is 1. The van der Waals surface area contributed by atoms with Crippen LogP contribution in [0, 0.1) is 12.8 Å². The summed E-state index contributed by atoms with van der Waals surface area (Å²) in [6, 6.07) is 6.92. The number of rotatable bonds is 5. The minimum absolute atomic E-state index is 0.133. The van der Waals surface area contributed by atoms with Gasteiger partial charge in [0.15, 0.2) is 0 Å². The first kappa shape index (κ1) is 18.2. The third-order valence-corrected chi connectivity index (χ3v) is 6.37. The SMILES string of the molecule is CCOC(=O)N1[C@@H]2CC[C@H]1CC(COS(=O)(=O)c1ccc(C)cc1)C2. The van der Waals surface area contributed by atoms with Crippen LogP contribution < -0.4 is 0 Å². The molecule has 2 heterocycles. The number of ether oxygens (including phenoxy) is 1. The quantitative estimate of drug-likeness (QED) is 0.748. The molecule has 2 bridgehead atoms. The van der Waals surface area contributed by atoms with Crippen LogP contribution in [0.25, 0.3) is 0 Å². The Kier molecular flexibility index (Phi) is 5.34. The number of hydrogen-bond donors (Lipinski definition) is 0. The van der Waals surface area contributed by atoms with E-state index in [9.17, 15) is 13.2 Å². The Morgan fingerprint density at radius 1 is 1.16 bits per heavy atom. The van der Waals surface area contributed by atoms with Gasteiger partial charge in [-0.3, -0.25) is 4.18 Å². The predicted octanol–water partition coefficient (Wildman–Crippen LogP) is 3.10. The van der Waals surface area contributed by atoms with Crippen molar-refractivity contribution in [3.05, 3.63) is 29.8 Å². The van der Waals surface area contributed by atoms with Crippen LogP contribution in [-0.4, -0.2) is 44.7 Å². The Balaban J connectivity index is 1.59. The smallest absolute Gasteiger partial charge is 0.410 e. The summed E-state index contributed by atoms with van der Waals surface area (Å²) < 4.78 is 35.1. The van der Waals surface area contributed by atoms with Gasteiger partial charge in [0.1, 0.15) is 0 Å². The third-order valence-electron chi connectivity index (χ3n) is 5.08. The standard InChI is InChI=1S/C18H25NO5S/c1-3-23-18(20)19-15-6-7-16(19)11-14(10-15)12-24-25(21,22)17-8-4-13(2)5-9-17/h4-5,8-9,14-16H,3,6-7,10-12H2,1-2H3/t14?,15-,16+. The largest absolute Gasteiger partial charge is 0.450 e. The highest BCUT2D eigenvalue weighted by atomic mass is 32.2. The highest BCUT2D eigenvalue weighted by Crippen LogP contribution is 2.39. The molecule has 2 fully saturated rings. The monoisotopic (exact) mass is 367 g/mol. The molecule has 0 spiro atoms. The van der Waals surface area contributed by atoms with Crippen LogP contribution in [-0.2, 0) is 19.0 Å². The molecule has 6 nitrogen and oxygen atoms in total. The van der Waals surface area contributed by atoms with Gasteiger partial charge in [0.2, 0.25) is 0 Å². The molecule has 1 aromatic rings. The summed E-state index contributed by atoms with van der Waals surface area (Å²) in [5.74, 6) is 0.142. The maximum absolute atomic E-state index is 12.3. The lowest BCUT2D eigenvalue weighted by atomic mass is 9.92. The zero-order valence-corrected chi connectivity index (χ0v) is 15.5. The fraction of sp³-hybridized carbons (Fsp3) is 0.611. The van der Waals surface area contributed by atoms with E-state index in [4.69, 9.17) is 8.92 Å². The van der Waals surface area contributed by atoms with Crippen molar-refractivity contribution >= 4 is 16.2 Å². The molecule has 3 rings (SSSR count). The summed E-state index contributed by atoms with van der Waals surface area (Å²) in [7, 11) is -3.73. The maximum Gasteiger partial charge on any atom is 0.410 e. The Morgan fingerprint density at radius 2 is 1.76 bits per heavy atom. The third kappa shape index (κ3) is 3.98. The zero-order chi connectivity index (χ0) is 18.0. The first-order chi connectivity index (χ1) is 11.9. The van der Waals surface area contributed by atoms with Crippen molar-refractivity contribution in [3.63, 3.8) is 0 Å². The van der Waals surface area contributed by atoms with Gasteiger partial charge in [0.25, 0.3) is 10.1 Å². The van der Waals surface area contributed by atoms with E-state index < -0.39 is 10.1 Å². The Labute approximate surface area is 149 Å². The molecule has 0 saturated carbocycles. The van der Waals surface area contributed by atoms with E-state index in [2.05, 4.69) is 0 Å². The first-order valence-electron chi connectivity index (χ1n) is 8.82. The molecule has 0 N–H and O–H groups in total. The summed E-state index contributed by atoms with van der Waals surface area (Å²) >= 11 is 0. The average molecular weight is 367 g/mol. The van der Waals surface area contributed by atoms with Gasteiger partial charge in [-0.25, -0.2) is 4.79 Å². The maximum atomic E-state index is 12.3. The topological polar surface area (TPSA) is 72.9 Å². The molecule has 2 aliphatic rings.